The largest absolute Gasteiger partial charge is 0.416 e. The third-order valence-electron chi connectivity index (χ3n) is 8.24. The fourth-order valence-corrected chi connectivity index (χ4v) is 5.98. The van der Waals surface area contributed by atoms with Gasteiger partial charge in [0.2, 0.25) is 5.91 Å². The zero-order chi connectivity index (χ0) is 25.2. The van der Waals surface area contributed by atoms with Crippen LogP contribution in [0, 0.1) is 11.3 Å². The Morgan fingerprint density at radius 3 is 2.60 bits per heavy atom. The van der Waals surface area contributed by atoms with Gasteiger partial charge in [-0.05, 0) is 49.8 Å². The highest BCUT2D eigenvalue weighted by atomic mass is 19.4. The Bertz CT molecular complexity index is 873. The molecule has 2 aliphatic heterocycles. The molecule has 3 fully saturated rings. The number of hydrogen-bond donors (Lipinski definition) is 1. The quantitative estimate of drug-likeness (QED) is 0.645. The summed E-state index contributed by atoms with van der Waals surface area (Å²) >= 11 is 0. The van der Waals surface area contributed by atoms with Gasteiger partial charge < -0.3 is 24.6 Å². The minimum absolute atomic E-state index is 0.0254. The molecule has 196 valence electrons. The first kappa shape index (κ1) is 26.2. The standard InChI is InChI=1S/C26H38F3N3O3/c1-18(2)25(9-7-20(16-25)30-22-8-14-35-17-23(22)34-3)24(33)32-12-10-31(11-13-32)21-6-4-5-19(15-21)26(27,28)29/h4-6,15,18,20,22-23,30H,7-14,16-17H2,1-3H3/t20-,22-,23+,25+/m1/s1. The van der Waals surface area contributed by atoms with Crippen molar-refractivity contribution in [2.45, 2.75) is 63.9 Å². The lowest BCUT2D eigenvalue weighted by molar-refractivity contribution is -0.145. The number of carbonyl (C=O) groups excluding carboxylic acids is 1. The van der Waals surface area contributed by atoms with Crippen molar-refractivity contribution in [2.75, 3.05) is 51.4 Å². The second-order valence-corrected chi connectivity index (χ2v) is 10.5. The fraction of sp³-hybridized carbons (Fsp3) is 0.731. The predicted octanol–water partition coefficient (Wildman–Crippen LogP) is 3.94. The molecule has 1 saturated carbocycles. The third-order valence-corrected chi connectivity index (χ3v) is 8.24. The number of alkyl halides is 3. The van der Waals surface area contributed by atoms with Crippen molar-refractivity contribution in [3.63, 3.8) is 0 Å². The number of benzene rings is 1. The first-order valence-electron chi connectivity index (χ1n) is 12.7. The van der Waals surface area contributed by atoms with E-state index < -0.39 is 17.2 Å². The van der Waals surface area contributed by atoms with Crippen LogP contribution in [0.4, 0.5) is 18.9 Å². The maximum atomic E-state index is 13.8. The average Bonchev–Trinajstić information content (AvgIpc) is 3.29. The first-order valence-corrected chi connectivity index (χ1v) is 12.7. The number of carbonyl (C=O) groups is 1. The average molecular weight is 498 g/mol. The van der Waals surface area contributed by atoms with E-state index in [2.05, 4.69) is 19.2 Å². The molecular weight excluding hydrogens is 459 g/mol. The minimum atomic E-state index is -4.36. The van der Waals surface area contributed by atoms with E-state index in [4.69, 9.17) is 9.47 Å². The van der Waals surface area contributed by atoms with Crippen molar-refractivity contribution < 1.29 is 27.4 Å². The first-order chi connectivity index (χ1) is 16.6. The molecule has 0 spiro atoms. The highest BCUT2D eigenvalue weighted by molar-refractivity contribution is 5.84. The Kier molecular flexibility index (Phi) is 7.98. The number of amides is 1. The zero-order valence-electron chi connectivity index (χ0n) is 20.9. The molecule has 0 unspecified atom stereocenters. The van der Waals surface area contributed by atoms with Crippen molar-refractivity contribution in [2.24, 2.45) is 11.3 Å². The molecule has 1 aliphatic carbocycles. The van der Waals surface area contributed by atoms with Gasteiger partial charge in [0.1, 0.15) is 0 Å². The molecule has 4 atom stereocenters. The van der Waals surface area contributed by atoms with Crippen molar-refractivity contribution in [1.29, 1.82) is 0 Å². The molecule has 35 heavy (non-hydrogen) atoms. The summed E-state index contributed by atoms with van der Waals surface area (Å²) < 4.78 is 50.5. The van der Waals surface area contributed by atoms with Crippen LogP contribution in [-0.4, -0.2) is 75.5 Å². The Morgan fingerprint density at radius 1 is 1.20 bits per heavy atom. The van der Waals surface area contributed by atoms with Gasteiger partial charge in [-0.15, -0.1) is 0 Å². The zero-order valence-corrected chi connectivity index (χ0v) is 20.9. The number of nitrogens with one attached hydrogen (secondary N) is 1. The predicted molar refractivity (Wildman–Crippen MR) is 128 cm³/mol. The van der Waals surface area contributed by atoms with Gasteiger partial charge in [-0.25, -0.2) is 0 Å². The summed E-state index contributed by atoms with van der Waals surface area (Å²) in [7, 11) is 1.71. The normalized spacial score (nSPS) is 30.2. The summed E-state index contributed by atoms with van der Waals surface area (Å²) in [5.74, 6) is 0.395. The molecule has 1 amide bonds. The smallest absolute Gasteiger partial charge is 0.379 e. The van der Waals surface area contributed by atoms with Crippen LogP contribution in [0.15, 0.2) is 24.3 Å². The van der Waals surface area contributed by atoms with Crippen molar-refractivity contribution in [3.05, 3.63) is 29.8 Å². The number of nitrogens with zero attached hydrogens (tertiary/aromatic N) is 2. The monoisotopic (exact) mass is 497 g/mol. The summed E-state index contributed by atoms with van der Waals surface area (Å²) in [6.07, 6.45) is -0.853. The molecule has 1 aromatic carbocycles. The third kappa shape index (κ3) is 5.62. The van der Waals surface area contributed by atoms with Crippen LogP contribution in [0.5, 0.6) is 0 Å². The number of methoxy groups -OCH3 is 1. The maximum Gasteiger partial charge on any atom is 0.416 e. The van der Waals surface area contributed by atoms with Gasteiger partial charge in [-0.1, -0.05) is 19.9 Å². The van der Waals surface area contributed by atoms with Crippen molar-refractivity contribution in [1.82, 2.24) is 10.2 Å². The van der Waals surface area contributed by atoms with E-state index in [1.54, 1.807) is 13.2 Å². The van der Waals surface area contributed by atoms with Gasteiger partial charge in [0, 0.05) is 57.7 Å². The second-order valence-electron chi connectivity index (χ2n) is 10.5. The van der Waals surface area contributed by atoms with Crippen LogP contribution in [0.3, 0.4) is 0 Å². The van der Waals surface area contributed by atoms with Crippen LogP contribution in [0.25, 0.3) is 0 Å². The molecule has 0 bridgehead atoms. The maximum absolute atomic E-state index is 13.8. The lowest BCUT2D eigenvalue weighted by Crippen LogP contribution is -2.55. The van der Waals surface area contributed by atoms with Gasteiger partial charge >= 0.3 is 6.18 Å². The molecule has 1 aromatic rings. The number of halogens is 3. The van der Waals surface area contributed by atoms with Gasteiger partial charge in [0.15, 0.2) is 0 Å². The Balaban J connectivity index is 1.38. The van der Waals surface area contributed by atoms with E-state index in [1.165, 1.54) is 12.1 Å². The molecule has 6 nitrogen and oxygen atoms in total. The summed E-state index contributed by atoms with van der Waals surface area (Å²) in [5.41, 5.74) is -0.499. The van der Waals surface area contributed by atoms with Crippen LogP contribution in [-0.2, 0) is 20.4 Å². The van der Waals surface area contributed by atoms with E-state index in [1.807, 2.05) is 9.80 Å². The molecule has 2 heterocycles. The molecule has 3 aliphatic rings. The van der Waals surface area contributed by atoms with Gasteiger partial charge in [-0.2, -0.15) is 13.2 Å². The molecule has 0 radical (unpaired) electrons. The molecule has 4 rings (SSSR count). The molecule has 1 N–H and O–H groups in total. The summed E-state index contributed by atoms with van der Waals surface area (Å²) in [4.78, 5) is 17.7. The molecule has 2 saturated heterocycles. The van der Waals surface area contributed by atoms with Gasteiger partial charge in [-0.3, -0.25) is 4.79 Å². The van der Waals surface area contributed by atoms with Crippen LogP contribution >= 0.6 is 0 Å². The summed E-state index contributed by atoms with van der Waals surface area (Å²) in [6.45, 7) is 7.67. The van der Waals surface area contributed by atoms with Gasteiger partial charge in [0.05, 0.1) is 23.7 Å². The minimum Gasteiger partial charge on any atom is -0.379 e. The number of piperazine rings is 1. The highest BCUT2D eigenvalue weighted by Crippen LogP contribution is 2.46. The van der Waals surface area contributed by atoms with E-state index in [0.29, 0.717) is 45.1 Å². The number of rotatable bonds is 6. The lowest BCUT2D eigenvalue weighted by atomic mass is 9.74. The fourth-order valence-electron chi connectivity index (χ4n) is 5.98. The Hall–Kier alpha value is -1.84. The molecule has 0 aromatic heterocycles. The summed E-state index contributed by atoms with van der Waals surface area (Å²) in [5, 5.41) is 3.76. The van der Waals surface area contributed by atoms with E-state index in [9.17, 15) is 18.0 Å². The van der Waals surface area contributed by atoms with E-state index >= 15 is 0 Å². The Labute approximate surface area is 206 Å². The lowest BCUT2D eigenvalue weighted by Gasteiger charge is -2.42. The second kappa shape index (κ2) is 10.6. The molecule has 9 heteroatoms. The number of hydrogen-bond acceptors (Lipinski definition) is 5. The Morgan fingerprint density at radius 2 is 1.94 bits per heavy atom. The van der Waals surface area contributed by atoms with E-state index in [0.717, 1.165) is 31.7 Å². The van der Waals surface area contributed by atoms with Crippen LogP contribution in [0.1, 0.15) is 45.1 Å². The van der Waals surface area contributed by atoms with Crippen molar-refractivity contribution >= 4 is 11.6 Å². The SMILES string of the molecule is CO[C@H]1COCC[C@H]1N[C@@H]1CC[C@@](C(=O)N2CCN(c3cccc(C(F)(F)F)c3)CC2)(C(C)C)C1. The number of ether oxygens (including phenoxy) is 2. The van der Waals surface area contributed by atoms with Crippen LogP contribution < -0.4 is 10.2 Å². The van der Waals surface area contributed by atoms with Crippen LogP contribution in [0.2, 0.25) is 0 Å². The van der Waals surface area contributed by atoms with Crippen molar-refractivity contribution in [3.8, 4) is 0 Å². The highest BCUT2D eigenvalue weighted by Gasteiger charge is 2.50. The van der Waals surface area contributed by atoms with E-state index in [-0.39, 0.29) is 30.0 Å². The topological polar surface area (TPSA) is 54.0 Å². The van der Waals surface area contributed by atoms with Gasteiger partial charge in [0.25, 0.3) is 0 Å². The number of anilines is 1. The molecular formula is C26H38F3N3O3. The summed E-state index contributed by atoms with van der Waals surface area (Å²) in [6, 6.07) is 5.93.